The van der Waals surface area contributed by atoms with E-state index in [0.29, 0.717) is 33.7 Å². The Morgan fingerprint density at radius 2 is 2.16 bits per heavy atom. The Kier molecular flexibility index (Phi) is 7.20. The molecule has 196 valence electrons. The molecule has 0 aliphatic carbocycles. The van der Waals surface area contributed by atoms with Gasteiger partial charge in [-0.25, -0.2) is 14.4 Å². The van der Waals surface area contributed by atoms with Crippen molar-refractivity contribution < 1.29 is 18.7 Å². The quantitative estimate of drug-likeness (QED) is 0.265. The molecule has 38 heavy (non-hydrogen) atoms. The second kappa shape index (κ2) is 10.9. The molecule has 1 fully saturated rings. The second-order valence-electron chi connectivity index (χ2n) is 9.33. The Labute approximate surface area is 227 Å². The molecule has 1 atom stereocenters. The normalized spacial score (nSPS) is 17.8. The van der Waals surface area contributed by atoms with Crippen LogP contribution in [0, 0.1) is 5.82 Å². The number of hydrogen-bond donors (Lipinski definition) is 0. The summed E-state index contributed by atoms with van der Waals surface area (Å²) >= 11 is 7.25. The molecule has 6 rings (SSSR count). The van der Waals surface area contributed by atoms with Crippen molar-refractivity contribution in [2.24, 2.45) is 0 Å². The van der Waals surface area contributed by atoms with E-state index < -0.39 is 5.82 Å². The topological polar surface area (TPSA) is 82.4 Å². The summed E-state index contributed by atoms with van der Waals surface area (Å²) in [6.07, 6.45) is 6.69. The number of benzene rings is 1. The highest BCUT2D eigenvalue weighted by atomic mass is 35.5. The predicted molar refractivity (Wildman–Crippen MR) is 143 cm³/mol. The summed E-state index contributed by atoms with van der Waals surface area (Å²) in [6.45, 7) is 3.86. The van der Waals surface area contributed by atoms with E-state index in [-0.39, 0.29) is 12.7 Å². The van der Waals surface area contributed by atoms with Gasteiger partial charge in [0.2, 0.25) is 5.88 Å². The van der Waals surface area contributed by atoms with Gasteiger partial charge in [-0.05, 0) is 36.6 Å². The van der Waals surface area contributed by atoms with Crippen LogP contribution < -0.4 is 4.74 Å². The summed E-state index contributed by atoms with van der Waals surface area (Å²) in [6, 6.07) is 8.09. The molecule has 8 nitrogen and oxygen atoms in total. The number of thiophene rings is 1. The van der Waals surface area contributed by atoms with Crippen molar-refractivity contribution in [3.8, 4) is 5.88 Å². The summed E-state index contributed by atoms with van der Waals surface area (Å²) in [7, 11) is 0. The van der Waals surface area contributed by atoms with Crippen molar-refractivity contribution in [2.75, 3.05) is 19.7 Å². The first-order chi connectivity index (χ1) is 18.6. The van der Waals surface area contributed by atoms with Crippen LogP contribution in [0.1, 0.15) is 39.7 Å². The van der Waals surface area contributed by atoms with Gasteiger partial charge in [-0.1, -0.05) is 23.7 Å². The Hall–Kier alpha value is -3.18. The Bertz CT molecular complexity index is 1520. The largest absolute Gasteiger partial charge is 0.473 e. The Morgan fingerprint density at radius 1 is 1.26 bits per heavy atom. The minimum atomic E-state index is -0.410. The fourth-order valence-electron chi connectivity index (χ4n) is 4.62. The fourth-order valence-corrected chi connectivity index (χ4v) is 5.65. The van der Waals surface area contributed by atoms with E-state index in [1.165, 1.54) is 17.4 Å². The minimum absolute atomic E-state index is 0.0522. The fraction of sp³-hybridized carbons (Fsp3) is 0.333. The van der Waals surface area contributed by atoms with Crippen LogP contribution in [0.5, 0.6) is 5.88 Å². The first-order valence-corrected chi connectivity index (χ1v) is 13.6. The van der Waals surface area contributed by atoms with Crippen molar-refractivity contribution in [1.82, 2.24) is 24.4 Å². The minimum Gasteiger partial charge on any atom is -0.473 e. The van der Waals surface area contributed by atoms with Crippen molar-refractivity contribution >= 4 is 45.1 Å². The van der Waals surface area contributed by atoms with Gasteiger partial charge in [-0.3, -0.25) is 9.69 Å². The zero-order valence-corrected chi connectivity index (χ0v) is 22.1. The molecule has 4 aromatic rings. The highest BCUT2D eigenvalue weighted by Crippen LogP contribution is 2.29. The number of aromatic nitrogens is 4. The lowest BCUT2D eigenvalue weighted by Crippen LogP contribution is -2.33. The molecular formula is C27H25ClFN5O3S. The van der Waals surface area contributed by atoms with Crippen molar-refractivity contribution in [2.45, 2.75) is 38.6 Å². The van der Waals surface area contributed by atoms with E-state index in [2.05, 4.69) is 25.5 Å². The highest BCUT2D eigenvalue weighted by molar-refractivity contribution is 7.20. The molecule has 3 aromatic heterocycles. The van der Waals surface area contributed by atoms with Crippen LogP contribution in [0.2, 0.25) is 5.02 Å². The molecule has 0 spiro atoms. The van der Waals surface area contributed by atoms with Gasteiger partial charge in [0.05, 0.1) is 29.6 Å². The molecule has 1 saturated heterocycles. The van der Waals surface area contributed by atoms with Gasteiger partial charge in [-0.2, -0.15) is 4.98 Å². The van der Waals surface area contributed by atoms with Gasteiger partial charge in [0.25, 0.3) is 0 Å². The summed E-state index contributed by atoms with van der Waals surface area (Å²) in [5.41, 5.74) is 2.46. The summed E-state index contributed by atoms with van der Waals surface area (Å²) in [5, 5.41) is 0.345. The number of carbonyl (C=O) groups is 1. The number of hydrogen-bond acceptors (Lipinski definition) is 8. The number of aldehydes is 1. The van der Waals surface area contributed by atoms with E-state index in [0.717, 1.165) is 67.1 Å². The van der Waals surface area contributed by atoms with Crippen LogP contribution in [-0.4, -0.2) is 56.5 Å². The molecule has 1 aromatic carbocycles. The van der Waals surface area contributed by atoms with E-state index in [9.17, 15) is 9.18 Å². The third kappa shape index (κ3) is 5.35. The SMILES string of the molecule is O=Cc1cc2c(nc(CN3CC=C(c4nccc(OCc5ccc(Cl)cc5F)n4)CC3)n2CC2CCO2)s1. The average Bonchev–Trinajstić information content (AvgIpc) is 3.44. The third-order valence-electron chi connectivity index (χ3n) is 6.81. The standard InChI is InChI=1S/C27H25ClFN5O3S/c28-19-2-1-18(22(29)11-19)16-37-25-3-7-30-26(32-25)17-4-8-33(9-5-17)14-24-31-27-23(12-21(15-35)38-27)34(24)13-20-6-10-36-20/h1-4,7,11-12,15,20H,5-6,8-10,13-14,16H2. The summed E-state index contributed by atoms with van der Waals surface area (Å²) in [5.74, 6) is 1.58. The second-order valence-corrected chi connectivity index (χ2v) is 10.8. The highest BCUT2D eigenvalue weighted by Gasteiger charge is 2.24. The Balaban J connectivity index is 1.12. The van der Waals surface area contributed by atoms with Gasteiger partial charge >= 0.3 is 0 Å². The van der Waals surface area contributed by atoms with Crippen LogP contribution in [0.15, 0.2) is 42.6 Å². The molecule has 0 saturated carbocycles. The summed E-state index contributed by atoms with van der Waals surface area (Å²) in [4.78, 5) is 29.0. The van der Waals surface area contributed by atoms with Crippen LogP contribution >= 0.6 is 22.9 Å². The maximum absolute atomic E-state index is 14.1. The first-order valence-electron chi connectivity index (χ1n) is 12.4. The number of fused-ring (bicyclic) bond motifs is 1. The van der Waals surface area contributed by atoms with E-state index in [4.69, 9.17) is 26.1 Å². The van der Waals surface area contributed by atoms with Crippen molar-refractivity contribution in [3.63, 3.8) is 0 Å². The van der Waals surface area contributed by atoms with Gasteiger partial charge < -0.3 is 14.0 Å². The number of carbonyl (C=O) groups excluding carboxylic acids is 1. The van der Waals surface area contributed by atoms with Gasteiger partial charge in [0.15, 0.2) is 12.1 Å². The lowest BCUT2D eigenvalue weighted by Gasteiger charge is -2.29. The smallest absolute Gasteiger partial charge is 0.217 e. The van der Waals surface area contributed by atoms with Crippen LogP contribution in [-0.2, 0) is 24.4 Å². The average molecular weight is 554 g/mol. The lowest BCUT2D eigenvalue weighted by molar-refractivity contribution is -0.0591. The number of nitrogens with zero attached hydrogens (tertiary/aromatic N) is 5. The predicted octanol–water partition coefficient (Wildman–Crippen LogP) is 5.15. The number of imidazole rings is 1. The Morgan fingerprint density at radius 3 is 2.89 bits per heavy atom. The van der Waals surface area contributed by atoms with Gasteiger partial charge in [0, 0.05) is 42.5 Å². The molecule has 0 bridgehead atoms. The molecular weight excluding hydrogens is 529 g/mol. The molecule has 0 amide bonds. The van der Waals surface area contributed by atoms with Crippen LogP contribution in [0.3, 0.4) is 0 Å². The lowest BCUT2D eigenvalue weighted by atomic mass is 10.1. The molecule has 0 radical (unpaired) electrons. The number of halogens is 2. The number of rotatable bonds is 9. The molecule has 11 heteroatoms. The van der Waals surface area contributed by atoms with E-state index in [1.807, 2.05) is 6.07 Å². The molecule has 0 N–H and O–H groups in total. The van der Waals surface area contributed by atoms with Crippen molar-refractivity contribution in [3.05, 3.63) is 75.5 Å². The zero-order valence-electron chi connectivity index (χ0n) is 20.5. The van der Waals surface area contributed by atoms with E-state index >= 15 is 0 Å². The number of ether oxygens (including phenoxy) is 2. The maximum Gasteiger partial charge on any atom is 0.217 e. The van der Waals surface area contributed by atoms with Crippen molar-refractivity contribution in [1.29, 1.82) is 0 Å². The zero-order chi connectivity index (χ0) is 26.1. The monoisotopic (exact) mass is 553 g/mol. The molecule has 5 heterocycles. The summed E-state index contributed by atoms with van der Waals surface area (Å²) < 4.78 is 27.7. The van der Waals surface area contributed by atoms with E-state index in [1.54, 1.807) is 24.4 Å². The van der Waals surface area contributed by atoms with Gasteiger partial charge in [-0.15, -0.1) is 11.3 Å². The van der Waals surface area contributed by atoms with Crippen LogP contribution in [0.25, 0.3) is 15.9 Å². The molecule has 1 unspecified atom stereocenters. The third-order valence-corrected chi connectivity index (χ3v) is 7.99. The van der Waals surface area contributed by atoms with Crippen LogP contribution in [0.4, 0.5) is 4.39 Å². The van der Waals surface area contributed by atoms with Gasteiger partial charge in [0.1, 0.15) is 23.1 Å². The maximum atomic E-state index is 14.1. The molecule has 2 aliphatic heterocycles. The molecule has 2 aliphatic rings. The first kappa shape index (κ1) is 25.1.